The molecule has 0 aliphatic rings. The predicted octanol–water partition coefficient (Wildman–Crippen LogP) is 2.93. The summed E-state index contributed by atoms with van der Waals surface area (Å²) in [4.78, 5) is 0. The number of benzene rings is 2. The van der Waals surface area contributed by atoms with Crippen LogP contribution in [0.3, 0.4) is 0 Å². The Kier molecular flexibility index (Phi) is 5.37. The quantitative estimate of drug-likeness (QED) is 0.858. The summed E-state index contributed by atoms with van der Waals surface area (Å²) in [6, 6.07) is 17.3. The van der Waals surface area contributed by atoms with Crippen molar-refractivity contribution in [2.24, 2.45) is 11.7 Å². The van der Waals surface area contributed by atoms with Gasteiger partial charge in [0.05, 0.1) is 13.2 Å². The number of aliphatic hydroxyl groups is 1. The first-order chi connectivity index (χ1) is 10.1. The average Bonchev–Trinajstić information content (AvgIpc) is 2.55. The topological polar surface area (TPSA) is 55.5 Å². The van der Waals surface area contributed by atoms with E-state index in [4.69, 9.17) is 10.5 Å². The van der Waals surface area contributed by atoms with Crippen LogP contribution in [-0.2, 0) is 6.42 Å². The van der Waals surface area contributed by atoms with Gasteiger partial charge in [-0.2, -0.15) is 0 Å². The third-order valence-corrected chi connectivity index (χ3v) is 3.88. The molecule has 0 amide bonds. The Labute approximate surface area is 126 Å². The van der Waals surface area contributed by atoms with Gasteiger partial charge in [-0.3, -0.25) is 0 Å². The molecule has 0 saturated carbocycles. The number of nitrogens with two attached hydrogens (primary N) is 1. The van der Waals surface area contributed by atoms with Crippen molar-refractivity contribution in [2.75, 3.05) is 7.11 Å². The van der Waals surface area contributed by atoms with E-state index >= 15 is 0 Å². The highest BCUT2D eigenvalue weighted by Gasteiger charge is 2.22. The molecule has 3 N–H and O–H groups in total. The van der Waals surface area contributed by atoms with Crippen molar-refractivity contribution in [3.8, 4) is 5.75 Å². The van der Waals surface area contributed by atoms with Crippen molar-refractivity contribution in [1.82, 2.24) is 0 Å². The van der Waals surface area contributed by atoms with Crippen LogP contribution in [0.2, 0.25) is 0 Å². The van der Waals surface area contributed by atoms with Gasteiger partial charge in [-0.05, 0) is 35.6 Å². The average molecular weight is 285 g/mol. The SMILES string of the molecule is COc1ccc(CC(C)C(N)C(O)c2ccccc2)cc1. The fourth-order valence-electron chi connectivity index (χ4n) is 2.45. The van der Waals surface area contributed by atoms with Crippen LogP contribution in [0.1, 0.15) is 24.2 Å². The number of methoxy groups -OCH3 is 1. The summed E-state index contributed by atoms with van der Waals surface area (Å²) in [5, 5.41) is 10.4. The van der Waals surface area contributed by atoms with Crippen molar-refractivity contribution < 1.29 is 9.84 Å². The summed E-state index contributed by atoms with van der Waals surface area (Å²) < 4.78 is 5.15. The van der Waals surface area contributed by atoms with Crippen LogP contribution in [0, 0.1) is 5.92 Å². The molecule has 3 unspecified atom stereocenters. The zero-order valence-corrected chi connectivity index (χ0v) is 12.6. The van der Waals surface area contributed by atoms with Gasteiger partial charge in [-0.1, -0.05) is 49.4 Å². The molecule has 3 atom stereocenters. The van der Waals surface area contributed by atoms with Crippen molar-refractivity contribution in [1.29, 1.82) is 0 Å². The van der Waals surface area contributed by atoms with E-state index < -0.39 is 6.10 Å². The first-order valence-corrected chi connectivity index (χ1v) is 7.23. The number of ether oxygens (including phenoxy) is 1. The van der Waals surface area contributed by atoms with Crippen LogP contribution in [-0.4, -0.2) is 18.3 Å². The summed E-state index contributed by atoms with van der Waals surface area (Å²) in [5.74, 6) is 1.02. The van der Waals surface area contributed by atoms with Gasteiger partial charge in [0, 0.05) is 6.04 Å². The second kappa shape index (κ2) is 7.25. The molecule has 21 heavy (non-hydrogen) atoms. The molecular weight excluding hydrogens is 262 g/mol. The highest BCUT2D eigenvalue weighted by molar-refractivity contribution is 5.27. The number of hydrogen-bond donors (Lipinski definition) is 2. The normalized spacial score (nSPS) is 15.2. The lowest BCUT2D eigenvalue weighted by molar-refractivity contribution is 0.121. The fraction of sp³-hybridized carbons (Fsp3) is 0.333. The Balaban J connectivity index is 2.00. The van der Waals surface area contributed by atoms with E-state index in [9.17, 15) is 5.11 Å². The third kappa shape index (κ3) is 4.06. The van der Waals surface area contributed by atoms with E-state index in [1.165, 1.54) is 5.56 Å². The monoisotopic (exact) mass is 285 g/mol. The van der Waals surface area contributed by atoms with Gasteiger partial charge in [0.2, 0.25) is 0 Å². The molecular formula is C18H23NO2. The molecule has 0 fully saturated rings. The molecule has 2 aromatic rings. The van der Waals surface area contributed by atoms with Crippen LogP contribution in [0.15, 0.2) is 54.6 Å². The van der Waals surface area contributed by atoms with Gasteiger partial charge in [-0.25, -0.2) is 0 Å². The van der Waals surface area contributed by atoms with E-state index in [2.05, 4.69) is 6.92 Å². The summed E-state index contributed by atoms with van der Waals surface area (Å²) in [6.07, 6.45) is 0.189. The van der Waals surface area contributed by atoms with E-state index in [0.717, 1.165) is 17.7 Å². The van der Waals surface area contributed by atoms with Crippen molar-refractivity contribution in [3.05, 3.63) is 65.7 Å². The Hall–Kier alpha value is -1.84. The lowest BCUT2D eigenvalue weighted by Crippen LogP contribution is -2.36. The third-order valence-electron chi connectivity index (χ3n) is 3.88. The Morgan fingerprint density at radius 3 is 2.24 bits per heavy atom. The molecule has 0 radical (unpaired) electrons. The molecule has 3 nitrogen and oxygen atoms in total. The lowest BCUT2D eigenvalue weighted by atomic mass is 9.88. The second-order valence-corrected chi connectivity index (χ2v) is 5.46. The maximum Gasteiger partial charge on any atom is 0.118 e. The van der Waals surface area contributed by atoms with E-state index in [1.807, 2.05) is 54.6 Å². The molecule has 3 heteroatoms. The predicted molar refractivity (Wildman–Crippen MR) is 85.2 cm³/mol. The van der Waals surface area contributed by atoms with E-state index in [0.29, 0.717) is 0 Å². The van der Waals surface area contributed by atoms with Crippen LogP contribution in [0.5, 0.6) is 5.75 Å². The molecule has 2 aromatic carbocycles. The minimum Gasteiger partial charge on any atom is -0.497 e. The Morgan fingerprint density at radius 1 is 1.05 bits per heavy atom. The molecule has 0 aliphatic heterocycles. The summed E-state index contributed by atoms with van der Waals surface area (Å²) in [7, 11) is 1.66. The molecule has 0 saturated heterocycles. The molecule has 0 bridgehead atoms. The molecule has 0 aliphatic carbocycles. The largest absolute Gasteiger partial charge is 0.497 e. The molecule has 0 spiro atoms. The minimum atomic E-state index is -0.639. The molecule has 0 heterocycles. The van der Waals surface area contributed by atoms with Crippen molar-refractivity contribution in [2.45, 2.75) is 25.5 Å². The van der Waals surface area contributed by atoms with Gasteiger partial charge < -0.3 is 15.6 Å². The number of hydrogen-bond acceptors (Lipinski definition) is 3. The van der Waals surface area contributed by atoms with Gasteiger partial charge in [0.1, 0.15) is 5.75 Å². The smallest absolute Gasteiger partial charge is 0.118 e. The maximum atomic E-state index is 10.4. The van der Waals surface area contributed by atoms with Crippen molar-refractivity contribution >= 4 is 0 Å². The van der Waals surface area contributed by atoms with Crippen LogP contribution >= 0.6 is 0 Å². The minimum absolute atomic E-state index is 0.175. The molecule has 112 valence electrons. The zero-order chi connectivity index (χ0) is 15.2. The van der Waals surface area contributed by atoms with Crippen LogP contribution < -0.4 is 10.5 Å². The van der Waals surface area contributed by atoms with Gasteiger partial charge in [0.15, 0.2) is 0 Å². The van der Waals surface area contributed by atoms with Crippen molar-refractivity contribution in [3.63, 3.8) is 0 Å². The summed E-state index contributed by atoms with van der Waals surface area (Å²) >= 11 is 0. The zero-order valence-electron chi connectivity index (χ0n) is 12.6. The van der Waals surface area contributed by atoms with Gasteiger partial charge in [0.25, 0.3) is 0 Å². The van der Waals surface area contributed by atoms with Crippen LogP contribution in [0.25, 0.3) is 0 Å². The number of aliphatic hydroxyl groups excluding tert-OH is 1. The van der Waals surface area contributed by atoms with E-state index in [-0.39, 0.29) is 12.0 Å². The van der Waals surface area contributed by atoms with Crippen LogP contribution in [0.4, 0.5) is 0 Å². The summed E-state index contributed by atoms with van der Waals surface area (Å²) in [5.41, 5.74) is 8.28. The highest BCUT2D eigenvalue weighted by Crippen LogP contribution is 2.23. The molecule has 0 aromatic heterocycles. The molecule has 2 rings (SSSR count). The standard InChI is InChI=1S/C18H23NO2/c1-13(12-14-8-10-16(21-2)11-9-14)17(19)18(20)15-6-4-3-5-7-15/h3-11,13,17-18,20H,12,19H2,1-2H3. The fourth-order valence-corrected chi connectivity index (χ4v) is 2.45. The first kappa shape index (κ1) is 15.5. The second-order valence-electron chi connectivity index (χ2n) is 5.46. The first-order valence-electron chi connectivity index (χ1n) is 7.23. The lowest BCUT2D eigenvalue weighted by Gasteiger charge is -2.25. The maximum absolute atomic E-state index is 10.4. The number of rotatable bonds is 6. The Morgan fingerprint density at radius 2 is 1.67 bits per heavy atom. The van der Waals surface area contributed by atoms with Gasteiger partial charge >= 0.3 is 0 Å². The Bertz CT molecular complexity index is 539. The van der Waals surface area contributed by atoms with E-state index in [1.54, 1.807) is 7.11 Å². The van der Waals surface area contributed by atoms with Gasteiger partial charge in [-0.15, -0.1) is 0 Å². The summed E-state index contributed by atoms with van der Waals surface area (Å²) in [6.45, 7) is 2.07. The highest BCUT2D eigenvalue weighted by atomic mass is 16.5.